The van der Waals surface area contributed by atoms with Gasteiger partial charge in [0.15, 0.2) is 5.78 Å². The smallest absolute Gasteiger partial charge is 0.338 e. The van der Waals surface area contributed by atoms with Crippen LogP contribution in [-0.4, -0.2) is 36.0 Å². The highest BCUT2D eigenvalue weighted by Gasteiger charge is 2.14. The van der Waals surface area contributed by atoms with Crippen molar-refractivity contribution in [2.24, 2.45) is 10.2 Å². The molecule has 8 nitrogen and oxygen atoms in total. The Hall–Kier alpha value is -4.59. The Bertz CT molecular complexity index is 1230. The van der Waals surface area contributed by atoms with Gasteiger partial charge in [0.25, 0.3) is 0 Å². The summed E-state index contributed by atoms with van der Waals surface area (Å²) < 4.78 is 9.91. The predicted molar refractivity (Wildman–Crippen MR) is 125 cm³/mol. The van der Waals surface area contributed by atoms with Crippen molar-refractivity contribution < 1.29 is 29.0 Å². The van der Waals surface area contributed by atoms with Crippen molar-refractivity contribution in [1.82, 2.24) is 0 Å². The molecule has 0 saturated heterocycles. The molecule has 0 heterocycles. The molecule has 0 bridgehead atoms. The molecule has 0 aliphatic rings. The number of phenols is 1. The number of carbonyl (C=O) groups excluding carboxylic acids is 3. The summed E-state index contributed by atoms with van der Waals surface area (Å²) in [7, 11) is 0. The average Bonchev–Trinajstić information content (AvgIpc) is 2.86. The summed E-state index contributed by atoms with van der Waals surface area (Å²) in [6, 6.07) is 19.2. The van der Waals surface area contributed by atoms with Gasteiger partial charge in [0, 0.05) is 11.1 Å². The van der Waals surface area contributed by atoms with Crippen LogP contribution >= 0.6 is 0 Å². The zero-order valence-corrected chi connectivity index (χ0v) is 18.4. The molecule has 3 rings (SSSR count). The van der Waals surface area contributed by atoms with Crippen LogP contribution in [-0.2, 0) is 14.3 Å². The van der Waals surface area contributed by atoms with Crippen molar-refractivity contribution in [3.05, 3.63) is 102 Å². The SMILES string of the molecule is C=C(C)C(=O)OCCOC(=O)c1ccc(N=Nc2ccc(O)c(C(=O)c3ccccc3)c2)cc1. The van der Waals surface area contributed by atoms with Gasteiger partial charge in [-0.2, -0.15) is 10.2 Å². The Kier molecular flexibility index (Phi) is 8.02. The fourth-order valence-corrected chi connectivity index (χ4v) is 2.77. The molecule has 0 aromatic heterocycles. The van der Waals surface area contributed by atoms with Crippen LogP contribution < -0.4 is 0 Å². The molecular weight excluding hydrogens is 436 g/mol. The molecule has 0 radical (unpaired) electrons. The molecule has 3 aromatic rings. The lowest BCUT2D eigenvalue weighted by Crippen LogP contribution is -2.14. The quantitative estimate of drug-likeness (QED) is 0.153. The van der Waals surface area contributed by atoms with E-state index in [-0.39, 0.29) is 35.9 Å². The Labute approximate surface area is 196 Å². The van der Waals surface area contributed by atoms with Gasteiger partial charge in [0.1, 0.15) is 19.0 Å². The maximum Gasteiger partial charge on any atom is 0.338 e. The summed E-state index contributed by atoms with van der Waals surface area (Å²) >= 11 is 0. The van der Waals surface area contributed by atoms with Crippen LogP contribution in [0.3, 0.4) is 0 Å². The van der Waals surface area contributed by atoms with Crippen LogP contribution in [0.1, 0.15) is 33.2 Å². The van der Waals surface area contributed by atoms with E-state index in [2.05, 4.69) is 16.8 Å². The van der Waals surface area contributed by atoms with E-state index in [1.807, 2.05) is 0 Å². The van der Waals surface area contributed by atoms with E-state index in [1.165, 1.54) is 37.3 Å². The molecule has 0 atom stereocenters. The first kappa shape index (κ1) is 24.1. The summed E-state index contributed by atoms with van der Waals surface area (Å²) in [5.41, 5.74) is 1.98. The number of nitrogens with zero attached hydrogens (tertiary/aromatic N) is 2. The first-order valence-corrected chi connectivity index (χ1v) is 10.3. The lowest BCUT2D eigenvalue weighted by Gasteiger charge is -2.06. The van der Waals surface area contributed by atoms with Crippen molar-refractivity contribution in [3.63, 3.8) is 0 Å². The van der Waals surface area contributed by atoms with E-state index < -0.39 is 11.9 Å². The third-order valence-electron chi connectivity index (χ3n) is 4.54. The second kappa shape index (κ2) is 11.3. The number of hydrogen-bond acceptors (Lipinski definition) is 8. The standard InChI is InChI=1S/C26H22N2O6/c1-17(2)25(31)33-14-15-34-26(32)19-8-10-20(11-9-19)27-28-21-12-13-23(29)22(16-21)24(30)18-6-4-3-5-7-18/h3-13,16,29H,1,14-15H2,2H3. The molecule has 0 aliphatic heterocycles. The number of ether oxygens (including phenoxy) is 2. The molecule has 0 fully saturated rings. The number of rotatable bonds is 9. The summed E-state index contributed by atoms with van der Waals surface area (Å²) in [5.74, 6) is -1.59. The monoisotopic (exact) mass is 458 g/mol. The van der Waals surface area contributed by atoms with Crippen LogP contribution in [0.2, 0.25) is 0 Å². The average molecular weight is 458 g/mol. The maximum atomic E-state index is 12.6. The number of esters is 2. The minimum absolute atomic E-state index is 0.0644. The van der Waals surface area contributed by atoms with Gasteiger partial charge in [-0.1, -0.05) is 36.9 Å². The Morgan fingerprint density at radius 3 is 2.12 bits per heavy atom. The highest BCUT2D eigenvalue weighted by atomic mass is 16.6. The van der Waals surface area contributed by atoms with Gasteiger partial charge in [-0.05, 0) is 49.4 Å². The van der Waals surface area contributed by atoms with E-state index in [4.69, 9.17) is 9.47 Å². The summed E-state index contributed by atoms with van der Waals surface area (Å²) in [5, 5.41) is 18.3. The zero-order valence-electron chi connectivity index (χ0n) is 18.4. The van der Waals surface area contributed by atoms with Crippen molar-refractivity contribution in [3.8, 4) is 5.75 Å². The van der Waals surface area contributed by atoms with Crippen molar-refractivity contribution in [2.75, 3.05) is 13.2 Å². The minimum atomic E-state index is -0.572. The number of ketones is 1. The minimum Gasteiger partial charge on any atom is -0.507 e. The van der Waals surface area contributed by atoms with Crippen LogP contribution in [0.4, 0.5) is 11.4 Å². The molecule has 1 N–H and O–H groups in total. The molecule has 0 amide bonds. The van der Waals surface area contributed by atoms with E-state index in [0.717, 1.165) is 0 Å². The van der Waals surface area contributed by atoms with Gasteiger partial charge in [0.05, 0.1) is 22.5 Å². The van der Waals surface area contributed by atoms with Crippen LogP contribution in [0.15, 0.2) is 95.2 Å². The second-order valence-electron chi connectivity index (χ2n) is 7.20. The lowest BCUT2D eigenvalue weighted by molar-refractivity contribution is -0.140. The third-order valence-corrected chi connectivity index (χ3v) is 4.54. The first-order chi connectivity index (χ1) is 16.3. The van der Waals surface area contributed by atoms with Crippen molar-refractivity contribution >= 4 is 29.1 Å². The molecule has 34 heavy (non-hydrogen) atoms. The number of azo groups is 1. The molecule has 0 unspecified atom stereocenters. The van der Waals surface area contributed by atoms with E-state index in [0.29, 0.717) is 22.5 Å². The largest absolute Gasteiger partial charge is 0.507 e. The van der Waals surface area contributed by atoms with Gasteiger partial charge >= 0.3 is 11.9 Å². The number of benzene rings is 3. The number of aromatic hydroxyl groups is 1. The normalized spacial score (nSPS) is 10.6. The number of phenolic OH excluding ortho intramolecular Hbond substituents is 1. The van der Waals surface area contributed by atoms with Gasteiger partial charge in [0.2, 0.25) is 0 Å². The molecular formula is C26H22N2O6. The number of hydrogen-bond donors (Lipinski definition) is 1. The topological polar surface area (TPSA) is 115 Å². The van der Waals surface area contributed by atoms with E-state index >= 15 is 0 Å². The van der Waals surface area contributed by atoms with Gasteiger partial charge < -0.3 is 14.6 Å². The van der Waals surface area contributed by atoms with Crippen LogP contribution in [0, 0.1) is 0 Å². The van der Waals surface area contributed by atoms with Crippen LogP contribution in [0.25, 0.3) is 0 Å². The highest BCUT2D eigenvalue weighted by Crippen LogP contribution is 2.27. The molecule has 3 aromatic carbocycles. The van der Waals surface area contributed by atoms with E-state index in [9.17, 15) is 19.5 Å². The summed E-state index contributed by atoms with van der Waals surface area (Å²) in [6.45, 7) is 4.84. The van der Waals surface area contributed by atoms with Gasteiger partial charge in [-0.15, -0.1) is 0 Å². The second-order valence-corrected chi connectivity index (χ2v) is 7.20. The van der Waals surface area contributed by atoms with Crippen LogP contribution in [0.5, 0.6) is 5.75 Å². The van der Waals surface area contributed by atoms with Gasteiger partial charge in [-0.3, -0.25) is 4.79 Å². The predicted octanol–water partition coefficient (Wildman–Crippen LogP) is 5.31. The highest BCUT2D eigenvalue weighted by molar-refractivity contribution is 6.11. The molecule has 8 heteroatoms. The fraction of sp³-hybridized carbons (Fsp3) is 0.115. The third kappa shape index (κ3) is 6.46. The zero-order chi connectivity index (χ0) is 24.5. The van der Waals surface area contributed by atoms with Gasteiger partial charge in [-0.25, -0.2) is 9.59 Å². The molecule has 0 spiro atoms. The molecule has 172 valence electrons. The Morgan fingerprint density at radius 1 is 0.824 bits per heavy atom. The van der Waals surface area contributed by atoms with Crippen molar-refractivity contribution in [2.45, 2.75) is 6.92 Å². The number of carbonyl (C=O) groups is 3. The van der Waals surface area contributed by atoms with E-state index in [1.54, 1.807) is 42.5 Å². The lowest BCUT2D eigenvalue weighted by atomic mass is 10.0. The fourth-order valence-electron chi connectivity index (χ4n) is 2.77. The Morgan fingerprint density at radius 2 is 1.44 bits per heavy atom. The molecule has 0 saturated carbocycles. The summed E-state index contributed by atoms with van der Waals surface area (Å²) in [6.07, 6.45) is 0. The molecule has 0 aliphatic carbocycles. The Balaban J connectivity index is 1.61. The van der Waals surface area contributed by atoms with Crippen molar-refractivity contribution in [1.29, 1.82) is 0 Å². The maximum absolute atomic E-state index is 12.6. The summed E-state index contributed by atoms with van der Waals surface area (Å²) in [4.78, 5) is 36.0. The first-order valence-electron chi connectivity index (χ1n) is 10.3.